The number of hydrogen-bond donors (Lipinski definition) is 4. The Morgan fingerprint density at radius 1 is 1.52 bits per heavy atom. The number of rotatable bonds is 5. The zero-order chi connectivity index (χ0) is 15.2. The summed E-state index contributed by atoms with van der Waals surface area (Å²) >= 11 is 0. The molecular formula is C13H21N5O3. The highest BCUT2D eigenvalue weighted by molar-refractivity contribution is 5.75. The van der Waals surface area contributed by atoms with E-state index in [1.165, 1.54) is 0 Å². The fourth-order valence-corrected chi connectivity index (χ4v) is 2.43. The number of aliphatic carboxylic acids is 1. The minimum Gasteiger partial charge on any atom is -0.480 e. The lowest BCUT2D eigenvalue weighted by Gasteiger charge is -2.31. The van der Waals surface area contributed by atoms with Gasteiger partial charge < -0.3 is 26.0 Å². The van der Waals surface area contributed by atoms with Gasteiger partial charge in [0, 0.05) is 37.9 Å². The molecule has 0 aliphatic carbocycles. The summed E-state index contributed by atoms with van der Waals surface area (Å²) in [4.78, 5) is 31.6. The van der Waals surface area contributed by atoms with Gasteiger partial charge in [-0.05, 0) is 19.3 Å². The topological polar surface area (TPSA) is 124 Å². The number of nitrogens with zero attached hydrogens (tertiary/aromatic N) is 2. The summed E-state index contributed by atoms with van der Waals surface area (Å²) in [5.74, 6) is 0.287. The molecule has 1 aromatic rings. The molecule has 0 radical (unpaired) electrons. The standard InChI is InChI=1S/C13H21N5O3/c14-10(12(19)20)1-4-17-13(21)18-7-2-9(3-8-18)11-15-5-6-16-11/h5-6,9-10H,1-4,7-8,14H2,(H,15,16)(H,17,21)(H,19,20). The van der Waals surface area contributed by atoms with Crippen LogP contribution in [0.4, 0.5) is 4.79 Å². The Kier molecular flexibility index (Phi) is 5.15. The molecule has 8 heteroatoms. The first-order valence-electron chi connectivity index (χ1n) is 7.08. The predicted molar refractivity (Wildman–Crippen MR) is 75.8 cm³/mol. The van der Waals surface area contributed by atoms with E-state index < -0.39 is 12.0 Å². The number of aromatic amines is 1. The molecule has 116 valence electrons. The summed E-state index contributed by atoms with van der Waals surface area (Å²) in [5.41, 5.74) is 5.38. The van der Waals surface area contributed by atoms with E-state index in [0.717, 1.165) is 18.7 Å². The van der Waals surface area contributed by atoms with Gasteiger partial charge in [-0.3, -0.25) is 4.79 Å². The maximum atomic E-state index is 11.9. The van der Waals surface area contributed by atoms with Gasteiger partial charge in [0.25, 0.3) is 0 Å². The lowest BCUT2D eigenvalue weighted by atomic mass is 9.96. The minimum absolute atomic E-state index is 0.162. The monoisotopic (exact) mass is 295 g/mol. The number of imidazole rings is 1. The van der Waals surface area contributed by atoms with Crippen LogP contribution >= 0.6 is 0 Å². The quantitative estimate of drug-likeness (QED) is 0.613. The third-order valence-corrected chi connectivity index (χ3v) is 3.74. The molecule has 21 heavy (non-hydrogen) atoms. The van der Waals surface area contributed by atoms with Gasteiger partial charge in [0.05, 0.1) is 0 Å². The van der Waals surface area contributed by atoms with Crippen molar-refractivity contribution in [2.75, 3.05) is 19.6 Å². The highest BCUT2D eigenvalue weighted by atomic mass is 16.4. The van der Waals surface area contributed by atoms with E-state index in [-0.39, 0.29) is 19.0 Å². The molecule has 0 saturated carbocycles. The van der Waals surface area contributed by atoms with Crippen LogP contribution in [0.2, 0.25) is 0 Å². The molecule has 1 aromatic heterocycles. The number of carbonyl (C=O) groups is 2. The fraction of sp³-hybridized carbons (Fsp3) is 0.615. The van der Waals surface area contributed by atoms with Gasteiger partial charge >= 0.3 is 12.0 Å². The predicted octanol–water partition coefficient (Wildman–Crippen LogP) is 0.101. The molecule has 1 saturated heterocycles. The summed E-state index contributed by atoms with van der Waals surface area (Å²) in [5, 5.41) is 11.4. The number of carboxylic acids is 1. The molecular weight excluding hydrogens is 274 g/mol. The SMILES string of the molecule is NC(CCNC(=O)N1CCC(c2ncc[nH]2)CC1)C(=O)O. The fourth-order valence-electron chi connectivity index (χ4n) is 2.43. The number of urea groups is 1. The average molecular weight is 295 g/mol. The molecule has 0 spiro atoms. The molecule has 0 aromatic carbocycles. The number of piperidine rings is 1. The Morgan fingerprint density at radius 2 is 2.24 bits per heavy atom. The third kappa shape index (κ3) is 4.19. The smallest absolute Gasteiger partial charge is 0.320 e. The molecule has 1 aliphatic heterocycles. The number of H-pyrrole nitrogens is 1. The van der Waals surface area contributed by atoms with Gasteiger partial charge in [-0.15, -0.1) is 0 Å². The van der Waals surface area contributed by atoms with Crippen LogP contribution < -0.4 is 11.1 Å². The van der Waals surface area contributed by atoms with Crippen LogP contribution in [0.25, 0.3) is 0 Å². The Hall–Kier alpha value is -2.09. The second-order valence-electron chi connectivity index (χ2n) is 5.20. The molecule has 1 fully saturated rings. The largest absolute Gasteiger partial charge is 0.480 e. The van der Waals surface area contributed by atoms with Crippen molar-refractivity contribution in [2.45, 2.75) is 31.2 Å². The van der Waals surface area contributed by atoms with Crippen LogP contribution in [0.5, 0.6) is 0 Å². The van der Waals surface area contributed by atoms with Gasteiger partial charge in [0.2, 0.25) is 0 Å². The van der Waals surface area contributed by atoms with E-state index in [1.54, 1.807) is 17.3 Å². The Morgan fingerprint density at radius 3 is 2.81 bits per heavy atom. The summed E-state index contributed by atoms with van der Waals surface area (Å²) in [6.45, 7) is 1.61. The maximum absolute atomic E-state index is 11.9. The first-order valence-corrected chi connectivity index (χ1v) is 7.08. The van der Waals surface area contributed by atoms with Crippen LogP contribution in [0, 0.1) is 0 Å². The number of amides is 2. The Balaban J connectivity index is 1.69. The van der Waals surface area contributed by atoms with E-state index in [4.69, 9.17) is 10.8 Å². The molecule has 1 aliphatic rings. The first-order chi connectivity index (χ1) is 10.1. The van der Waals surface area contributed by atoms with Crippen LogP contribution in [0.1, 0.15) is 31.0 Å². The molecule has 1 atom stereocenters. The summed E-state index contributed by atoms with van der Waals surface area (Å²) in [7, 11) is 0. The van der Waals surface area contributed by atoms with Crippen molar-refractivity contribution >= 4 is 12.0 Å². The van der Waals surface area contributed by atoms with Crippen molar-refractivity contribution in [2.24, 2.45) is 5.73 Å². The summed E-state index contributed by atoms with van der Waals surface area (Å²) in [6, 6.07) is -1.10. The number of nitrogens with two attached hydrogens (primary N) is 1. The van der Waals surface area contributed by atoms with Gasteiger partial charge in [0.15, 0.2) is 0 Å². The maximum Gasteiger partial charge on any atom is 0.320 e. The zero-order valence-electron chi connectivity index (χ0n) is 11.8. The number of nitrogens with one attached hydrogen (secondary N) is 2. The highest BCUT2D eigenvalue weighted by Gasteiger charge is 2.25. The number of carbonyl (C=O) groups excluding carboxylic acids is 1. The third-order valence-electron chi connectivity index (χ3n) is 3.74. The van der Waals surface area contributed by atoms with Crippen molar-refractivity contribution in [3.05, 3.63) is 18.2 Å². The summed E-state index contributed by atoms with van der Waals surface area (Å²) < 4.78 is 0. The van der Waals surface area contributed by atoms with Crippen molar-refractivity contribution < 1.29 is 14.7 Å². The summed E-state index contributed by atoms with van der Waals surface area (Å²) in [6.07, 6.45) is 5.51. The Bertz CT molecular complexity index is 468. The lowest BCUT2D eigenvalue weighted by Crippen LogP contribution is -2.45. The van der Waals surface area contributed by atoms with Gasteiger partial charge in [-0.1, -0.05) is 0 Å². The number of likely N-dealkylation sites (tertiary alicyclic amines) is 1. The van der Waals surface area contributed by atoms with Crippen molar-refractivity contribution in [3.63, 3.8) is 0 Å². The average Bonchev–Trinajstić information content (AvgIpc) is 3.01. The number of carboxylic acid groups (broad SMARTS) is 1. The Labute approximate surface area is 122 Å². The van der Waals surface area contributed by atoms with Gasteiger partial charge in [-0.25, -0.2) is 9.78 Å². The first kappa shape index (κ1) is 15.3. The van der Waals surface area contributed by atoms with Crippen LogP contribution in [-0.4, -0.2) is 57.7 Å². The number of aromatic nitrogens is 2. The minimum atomic E-state index is -1.05. The van der Waals surface area contributed by atoms with E-state index in [0.29, 0.717) is 19.0 Å². The van der Waals surface area contributed by atoms with Crippen LogP contribution in [0.3, 0.4) is 0 Å². The van der Waals surface area contributed by atoms with Crippen molar-refractivity contribution in [1.82, 2.24) is 20.2 Å². The van der Waals surface area contributed by atoms with E-state index in [9.17, 15) is 9.59 Å². The van der Waals surface area contributed by atoms with Crippen LogP contribution in [0.15, 0.2) is 12.4 Å². The van der Waals surface area contributed by atoms with Crippen LogP contribution in [-0.2, 0) is 4.79 Å². The number of hydrogen-bond acceptors (Lipinski definition) is 4. The van der Waals surface area contributed by atoms with E-state index in [1.807, 2.05) is 0 Å². The second kappa shape index (κ2) is 7.07. The molecule has 5 N–H and O–H groups in total. The van der Waals surface area contributed by atoms with E-state index in [2.05, 4.69) is 15.3 Å². The van der Waals surface area contributed by atoms with E-state index >= 15 is 0 Å². The van der Waals surface area contributed by atoms with Gasteiger partial charge in [0.1, 0.15) is 11.9 Å². The molecule has 0 bridgehead atoms. The molecule has 2 heterocycles. The van der Waals surface area contributed by atoms with Gasteiger partial charge in [-0.2, -0.15) is 0 Å². The zero-order valence-corrected chi connectivity index (χ0v) is 11.8. The van der Waals surface area contributed by atoms with Crippen molar-refractivity contribution in [3.8, 4) is 0 Å². The molecule has 2 rings (SSSR count). The van der Waals surface area contributed by atoms with Crippen molar-refractivity contribution in [1.29, 1.82) is 0 Å². The molecule has 8 nitrogen and oxygen atoms in total. The molecule has 1 unspecified atom stereocenters. The molecule has 2 amide bonds. The lowest BCUT2D eigenvalue weighted by molar-refractivity contribution is -0.138. The second-order valence-corrected chi connectivity index (χ2v) is 5.20. The highest BCUT2D eigenvalue weighted by Crippen LogP contribution is 2.25. The normalized spacial score (nSPS) is 17.5.